The first-order valence-corrected chi connectivity index (χ1v) is 7.83. The number of benzene rings is 1. The zero-order valence-corrected chi connectivity index (χ0v) is 12.1. The molecule has 19 heavy (non-hydrogen) atoms. The van der Waals surface area contributed by atoms with Crippen molar-refractivity contribution in [2.75, 3.05) is 19.4 Å². The van der Waals surface area contributed by atoms with Gasteiger partial charge in [0.25, 0.3) is 10.1 Å². The summed E-state index contributed by atoms with van der Waals surface area (Å²) < 4.78 is 34.8. The summed E-state index contributed by atoms with van der Waals surface area (Å²) >= 11 is 0. The van der Waals surface area contributed by atoms with Crippen molar-refractivity contribution in [3.63, 3.8) is 0 Å². The van der Waals surface area contributed by atoms with Crippen molar-refractivity contribution in [2.24, 2.45) is 0 Å². The van der Waals surface area contributed by atoms with Gasteiger partial charge in [0.15, 0.2) is 0 Å². The van der Waals surface area contributed by atoms with Crippen molar-refractivity contribution in [1.29, 1.82) is 0 Å². The van der Waals surface area contributed by atoms with E-state index in [9.17, 15) is 8.42 Å². The van der Waals surface area contributed by atoms with Gasteiger partial charge in [-0.15, -0.1) is 0 Å². The van der Waals surface area contributed by atoms with E-state index in [-0.39, 0.29) is 11.8 Å². The lowest BCUT2D eigenvalue weighted by atomic mass is 10.1. The Morgan fingerprint density at radius 3 is 2.47 bits per heavy atom. The predicted molar refractivity (Wildman–Crippen MR) is 75.2 cm³/mol. The van der Waals surface area contributed by atoms with Crippen molar-refractivity contribution >= 4 is 10.1 Å². The van der Waals surface area contributed by atoms with E-state index in [4.69, 9.17) is 9.29 Å². The van der Waals surface area contributed by atoms with Gasteiger partial charge >= 0.3 is 0 Å². The van der Waals surface area contributed by atoms with Crippen LogP contribution in [0.25, 0.3) is 0 Å². The molecule has 1 rings (SSSR count). The molecule has 0 aliphatic rings. The number of hydrogen-bond donors (Lipinski definition) is 2. The molecule has 0 aliphatic heterocycles. The van der Waals surface area contributed by atoms with Gasteiger partial charge in [0.2, 0.25) is 0 Å². The normalized spacial score (nSPS) is 13.2. The molecule has 0 aromatic heterocycles. The zero-order valence-electron chi connectivity index (χ0n) is 11.3. The van der Waals surface area contributed by atoms with Crippen LogP contribution < -0.4 is 10.1 Å². The van der Waals surface area contributed by atoms with Crippen LogP contribution in [0.2, 0.25) is 0 Å². The summed E-state index contributed by atoms with van der Waals surface area (Å²) in [6, 6.07) is 8.10. The molecule has 0 bridgehead atoms. The van der Waals surface area contributed by atoms with Crippen molar-refractivity contribution in [2.45, 2.75) is 25.8 Å². The van der Waals surface area contributed by atoms with Gasteiger partial charge in [0, 0.05) is 6.04 Å². The average Bonchev–Trinajstić information content (AvgIpc) is 2.34. The molecule has 108 valence electrons. The molecule has 0 fully saturated rings. The maximum Gasteiger partial charge on any atom is 0.264 e. The van der Waals surface area contributed by atoms with Crippen LogP contribution in [-0.2, 0) is 16.5 Å². The molecular formula is C13H21NO4S. The highest BCUT2D eigenvalue weighted by molar-refractivity contribution is 7.85. The summed E-state index contributed by atoms with van der Waals surface area (Å²) in [7, 11) is -2.21. The maximum atomic E-state index is 10.5. The van der Waals surface area contributed by atoms with Crippen molar-refractivity contribution in [3.8, 4) is 5.75 Å². The minimum Gasteiger partial charge on any atom is -0.497 e. The molecule has 1 unspecified atom stereocenters. The quantitative estimate of drug-likeness (QED) is 0.560. The fraction of sp³-hybridized carbons (Fsp3) is 0.538. The highest BCUT2D eigenvalue weighted by atomic mass is 32.2. The van der Waals surface area contributed by atoms with E-state index in [0.29, 0.717) is 13.0 Å². The first-order valence-electron chi connectivity index (χ1n) is 6.22. The molecule has 2 N–H and O–H groups in total. The largest absolute Gasteiger partial charge is 0.497 e. The van der Waals surface area contributed by atoms with E-state index in [1.807, 2.05) is 31.2 Å². The van der Waals surface area contributed by atoms with Crippen molar-refractivity contribution in [1.82, 2.24) is 5.32 Å². The number of hydrogen-bond acceptors (Lipinski definition) is 4. The first kappa shape index (κ1) is 15.9. The van der Waals surface area contributed by atoms with E-state index < -0.39 is 10.1 Å². The summed E-state index contributed by atoms with van der Waals surface area (Å²) in [6.45, 7) is 2.61. The highest BCUT2D eigenvalue weighted by Crippen LogP contribution is 2.12. The van der Waals surface area contributed by atoms with Crippen LogP contribution in [0, 0.1) is 0 Å². The molecule has 5 nitrogen and oxygen atoms in total. The van der Waals surface area contributed by atoms with Gasteiger partial charge in [-0.1, -0.05) is 12.1 Å². The van der Waals surface area contributed by atoms with E-state index in [1.165, 1.54) is 5.56 Å². The summed E-state index contributed by atoms with van der Waals surface area (Å²) in [5.74, 6) is 0.632. The Morgan fingerprint density at radius 1 is 1.32 bits per heavy atom. The molecule has 1 aromatic rings. The standard InChI is InChI=1S/C13H21NO4S/c1-11(14-8-3-9-19(15,16)17)10-12-4-6-13(18-2)7-5-12/h4-7,11,14H,3,8-10H2,1-2H3,(H,15,16,17). The maximum absolute atomic E-state index is 10.5. The Balaban J connectivity index is 2.28. The Bertz CT molecular complexity index is 470. The van der Waals surface area contributed by atoms with Gasteiger partial charge in [-0.05, 0) is 44.0 Å². The zero-order chi connectivity index (χ0) is 14.3. The van der Waals surface area contributed by atoms with E-state index >= 15 is 0 Å². The number of ether oxygens (including phenoxy) is 1. The summed E-state index contributed by atoms with van der Waals surface area (Å²) in [5, 5.41) is 3.23. The summed E-state index contributed by atoms with van der Waals surface area (Å²) in [6.07, 6.45) is 1.27. The third kappa shape index (κ3) is 7.15. The van der Waals surface area contributed by atoms with Crippen LogP contribution in [0.4, 0.5) is 0 Å². The lowest BCUT2D eigenvalue weighted by molar-refractivity contribution is 0.414. The lowest BCUT2D eigenvalue weighted by Crippen LogP contribution is -2.30. The van der Waals surface area contributed by atoms with Crippen LogP contribution >= 0.6 is 0 Å². The number of methoxy groups -OCH3 is 1. The number of nitrogens with one attached hydrogen (secondary N) is 1. The molecule has 1 aromatic carbocycles. The second kappa shape index (κ2) is 7.47. The monoisotopic (exact) mass is 287 g/mol. The average molecular weight is 287 g/mol. The van der Waals surface area contributed by atoms with Gasteiger partial charge in [0.05, 0.1) is 12.9 Å². The van der Waals surface area contributed by atoms with E-state index in [0.717, 1.165) is 12.2 Å². The van der Waals surface area contributed by atoms with Gasteiger partial charge in [0.1, 0.15) is 5.75 Å². The highest BCUT2D eigenvalue weighted by Gasteiger charge is 2.06. The SMILES string of the molecule is COc1ccc(CC(C)NCCCS(=O)(=O)O)cc1. The fourth-order valence-electron chi connectivity index (χ4n) is 1.79. The molecule has 0 amide bonds. The van der Waals surface area contributed by atoms with Gasteiger partial charge in [-0.2, -0.15) is 8.42 Å². The minimum atomic E-state index is -3.84. The van der Waals surface area contributed by atoms with Crippen molar-refractivity contribution in [3.05, 3.63) is 29.8 Å². The number of rotatable bonds is 8. The molecule has 0 saturated carbocycles. The van der Waals surface area contributed by atoms with Crippen LogP contribution in [-0.4, -0.2) is 38.4 Å². The van der Waals surface area contributed by atoms with Crippen LogP contribution in [0.5, 0.6) is 5.75 Å². The molecule has 0 heterocycles. The van der Waals surface area contributed by atoms with Gasteiger partial charge in [-0.25, -0.2) is 0 Å². The predicted octanol–water partition coefficient (Wildman–Crippen LogP) is 1.49. The van der Waals surface area contributed by atoms with Crippen molar-refractivity contribution < 1.29 is 17.7 Å². The third-order valence-electron chi connectivity index (χ3n) is 2.77. The molecule has 0 spiro atoms. The Morgan fingerprint density at radius 2 is 1.95 bits per heavy atom. The second-order valence-corrected chi connectivity index (χ2v) is 6.12. The fourth-order valence-corrected chi connectivity index (χ4v) is 2.30. The molecule has 0 saturated heterocycles. The molecule has 1 atom stereocenters. The Hall–Kier alpha value is -1.11. The summed E-state index contributed by atoms with van der Waals surface area (Å²) in [4.78, 5) is 0. The molecule has 0 radical (unpaired) electrons. The lowest BCUT2D eigenvalue weighted by Gasteiger charge is -2.13. The molecule has 0 aliphatic carbocycles. The van der Waals surface area contributed by atoms with E-state index in [1.54, 1.807) is 7.11 Å². The Labute approximate surface area is 114 Å². The Kier molecular flexibility index (Phi) is 6.27. The van der Waals surface area contributed by atoms with Crippen LogP contribution in [0.15, 0.2) is 24.3 Å². The molecular weight excluding hydrogens is 266 g/mol. The topological polar surface area (TPSA) is 75.6 Å². The van der Waals surface area contributed by atoms with E-state index in [2.05, 4.69) is 5.32 Å². The first-order chi connectivity index (χ1) is 8.90. The second-order valence-electron chi connectivity index (χ2n) is 4.55. The third-order valence-corrected chi connectivity index (χ3v) is 3.58. The minimum absolute atomic E-state index is 0.199. The van der Waals surface area contributed by atoms with Crippen LogP contribution in [0.1, 0.15) is 18.9 Å². The van der Waals surface area contributed by atoms with Crippen LogP contribution in [0.3, 0.4) is 0 Å². The summed E-state index contributed by atoms with van der Waals surface area (Å²) in [5.41, 5.74) is 1.19. The molecule has 6 heteroatoms. The smallest absolute Gasteiger partial charge is 0.264 e. The van der Waals surface area contributed by atoms with Gasteiger partial charge in [-0.3, -0.25) is 4.55 Å². The van der Waals surface area contributed by atoms with Gasteiger partial charge < -0.3 is 10.1 Å².